The van der Waals surface area contributed by atoms with Gasteiger partial charge in [0.2, 0.25) is 5.91 Å². The third-order valence-electron chi connectivity index (χ3n) is 4.00. The summed E-state index contributed by atoms with van der Waals surface area (Å²) in [5, 5.41) is 0.154. The molecule has 0 aromatic carbocycles. The van der Waals surface area contributed by atoms with Gasteiger partial charge in [-0.1, -0.05) is 0 Å². The van der Waals surface area contributed by atoms with Crippen LogP contribution in [0.5, 0.6) is 0 Å². The molecular weight excluding hydrogens is 250 g/mol. The molecule has 0 N–H and O–H groups in total. The first-order valence-electron chi connectivity index (χ1n) is 7.22. The minimum absolute atomic E-state index is 0.154. The van der Waals surface area contributed by atoms with E-state index >= 15 is 0 Å². The van der Waals surface area contributed by atoms with Crippen molar-refractivity contribution in [2.24, 2.45) is 0 Å². The number of ether oxygens (including phenoxy) is 1. The van der Waals surface area contributed by atoms with Crippen LogP contribution in [0.25, 0.3) is 0 Å². The molecule has 104 valence electrons. The van der Waals surface area contributed by atoms with Crippen LogP contribution in [0.15, 0.2) is 0 Å². The fourth-order valence-corrected chi connectivity index (χ4v) is 3.29. The highest BCUT2D eigenvalue weighted by molar-refractivity contribution is 6.20. The standard InChI is InChI=1S/C14H24ClNO2/c1-11(15)10-12-4-2-8-16(12)14(17)7-6-13-5-3-9-18-13/h11-13H,2-10H2,1H3. The van der Waals surface area contributed by atoms with Crippen molar-refractivity contribution < 1.29 is 9.53 Å². The molecule has 2 aliphatic rings. The zero-order valence-electron chi connectivity index (χ0n) is 11.2. The summed E-state index contributed by atoms with van der Waals surface area (Å²) in [5.74, 6) is 0.297. The molecule has 2 rings (SSSR count). The Morgan fingerprint density at radius 1 is 1.44 bits per heavy atom. The summed E-state index contributed by atoms with van der Waals surface area (Å²) in [6, 6.07) is 0.370. The van der Waals surface area contributed by atoms with Gasteiger partial charge < -0.3 is 9.64 Å². The molecule has 2 fully saturated rings. The molecule has 3 nitrogen and oxygen atoms in total. The van der Waals surface area contributed by atoms with Gasteiger partial charge in [-0.25, -0.2) is 0 Å². The lowest BCUT2D eigenvalue weighted by atomic mass is 10.1. The lowest BCUT2D eigenvalue weighted by molar-refractivity contribution is -0.132. The van der Waals surface area contributed by atoms with Crippen LogP contribution in [0.3, 0.4) is 0 Å². The predicted octanol–water partition coefficient (Wildman–Crippen LogP) is 2.95. The van der Waals surface area contributed by atoms with E-state index in [2.05, 4.69) is 0 Å². The third kappa shape index (κ3) is 3.86. The van der Waals surface area contributed by atoms with Gasteiger partial charge in [-0.15, -0.1) is 11.6 Å². The first kappa shape index (κ1) is 14.1. The predicted molar refractivity (Wildman–Crippen MR) is 72.9 cm³/mol. The quantitative estimate of drug-likeness (QED) is 0.721. The fraction of sp³-hybridized carbons (Fsp3) is 0.929. The second kappa shape index (κ2) is 6.76. The van der Waals surface area contributed by atoms with Crippen molar-refractivity contribution in [1.29, 1.82) is 0 Å². The van der Waals surface area contributed by atoms with Crippen LogP contribution in [-0.2, 0) is 9.53 Å². The van der Waals surface area contributed by atoms with E-state index in [1.165, 1.54) is 0 Å². The lowest BCUT2D eigenvalue weighted by Gasteiger charge is -2.26. The van der Waals surface area contributed by atoms with Gasteiger partial charge in [0.15, 0.2) is 0 Å². The van der Waals surface area contributed by atoms with E-state index in [1.54, 1.807) is 0 Å². The van der Waals surface area contributed by atoms with Gasteiger partial charge in [0.05, 0.1) is 6.10 Å². The molecule has 3 unspecified atom stereocenters. The minimum Gasteiger partial charge on any atom is -0.378 e. The van der Waals surface area contributed by atoms with Crippen LogP contribution in [-0.4, -0.2) is 41.5 Å². The Kier molecular flexibility index (Phi) is 5.31. The Morgan fingerprint density at radius 3 is 2.94 bits per heavy atom. The number of hydrogen-bond donors (Lipinski definition) is 0. The van der Waals surface area contributed by atoms with Crippen LogP contribution in [0.4, 0.5) is 0 Å². The number of nitrogens with zero attached hydrogens (tertiary/aromatic N) is 1. The highest BCUT2D eigenvalue weighted by atomic mass is 35.5. The molecule has 4 heteroatoms. The normalized spacial score (nSPS) is 29.8. The van der Waals surface area contributed by atoms with Gasteiger partial charge in [0.1, 0.15) is 0 Å². The molecule has 18 heavy (non-hydrogen) atoms. The molecular formula is C14H24ClNO2. The zero-order valence-corrected chi connectivity index (χ0v) is 12.0. The Hall–Kier alpha value is -0.280. The van der Waals surface area contributed by atoms with E-state index in [1.807, 2.05) is 11.8 Å². The Labute approximate surface area is 115 Å². The monoisotopic (exact) mass is 273 g/mol. The number of alkyl halides is 1. The van der Waals surface area contributed by atoms with Crippen molar-refractivity contribution in [2.75, 3.05) is 13.2 Å². The Morgan fingerprint density at radius 2 is 2.28 bits per heavy atom. The number of amides is 1. The Bertz CT molecular complexity index is 277. The third-order valence-corrected chi connectivity index (χ3v) is 4.18. The maximum atomic E-state index is 12.2. The van der Waals surface area contributed by atoms with Crippen LogP contribution in [0.2, 0.25) is 0 Å². The van der Waals surface area contributed by atoms with Crippen LogP contribution >= 0.6 is 11.6 Å². The number of rotatable bonds is 5. The summed E-state index contributed by atoms with van der Waals surface area (Å²) in [5.41, 5.74) is 0. The number of carbonyl (C=O) groups is 1. The fourth-order valence-electron chi connectivity index (χ4n) is 3.08. The second-order valence-electron chi connectivity index (χ2n) is 5.57. The molecule has 0 radical (unpaired) electrons. The molecule has 0 saturated carbocycles. The molecule has 2 saturated heterocycles. The first-order valence-corrected chi connectivity index (χ1v) is 7.65. The van der Waals surface area contributed by atoms with Crippen molar-refractivity contribution in [3.8, 4) is 0 Å². The lowest BCUT2D eigenvalue weighted by Crippen LogP contribution is -2.36. The van der Waals surface area contributed by atoms with Crippen molar-refractivity contribution in [1.82, 2.24) is 4.90 Å². The molecule has 2 aliphatic heterocycles. The van der Waals surface area contributed by atoms with Gasteiger partial charge in [-0.3, -0.25) is 4.79 Å². The number of hydrogen-bond acceptors (Lipinski definition) is 2. The number of halogens is 1. The van der Waals surface area contributed by atoms with Gasteiger partial charge in [0, 0.05) is 31.0 Å². The summed E-state index contributed by atoms with van der Waals surface area (Å²) < 4.78 is 5.57. The van der Waals surface area contributed by atoms with Crippen molar-refractivity contribution >= 4 is 17.5 Å². The van der Waals surface area contributed by atoms with Crippen LogP contribution in [0, 0.1) is 0 Å². The van der Waals surface area contributed by atoms with Crippen molar-refractivity contribution in [3.63, 3.8) is 0 Å². The second-order valence-corrected chi connectivity index (χ2v) is 6.32. The highest BCUT2D eigenvalue weighted by Gasteiger charge is 2.29. The highest BCUT2D eigenvalue weighted by Crippen LogP contribution is 2.25. The van der Waals surface area contributed by atoms with Gasteiger partial charge in [0.25, 0.3) is 0 Å². The molecule has 0 bridgehead atoms. The molecule has 3 atom stereocenters. The van der Waals surface area contributed by atoms with Gasteiger partial charge in [-0.2, -0.15) is 0 Å². The number of carbonyl (C=O) groups excluding carboxylic acids is 1. The van der Waals surface area contributed by atoms with E-state index in [4.69, 9.17) is 16.3 Å². The molecule has 0 aromatic heterocycles. The molecule has 0 spiro atoms. The average Bonchev–Trinajstić information content (AvgIpc) is 2.95. The Balaban J connectivity index is 1.76. The largest absolute Gasteiger partial charge is 0.378 e. The van der Waals surface area contributed by atoms with Crippen LogP contribution in [0.1, 0.15) is 51.9 Å². The molecule has 0 aromatic rings. The van der Waals surface area contributed by atoms with Gasteiger partial charge >= 0.3 is 0 Å². The molecule has 1 amide bonds. The average molecular weight is 274 g/mol. The first-order chi connectivity index (χ1) is 8.66. The van der Waals surface area contributed by atoms with Crippen molar-refractivity contribution in [3.05, 3.63) is 0 Å². The summed E-state index contributed by atoms with van der Waals surface area (Å²) >= 11 is 6.05. The summed E-state index contributed by atoms with van der Waals surface area (Å²) in [6.07, 6.45) is 7.28. The smallest absolute Gasteiger partial charge is 0.222 e. The van der Waals surface area contributed by atoms with E-state index < -0.39 is 0 Å². The molecule has 0 aliphatic carbocycles. The van der Waals surface area contributed by atoms with E-state index in [0.717, 1.165) is 51.7 Å². The van der Waals surface area contributed by atoms with E-state index in [0.29, 0.717) is 24.5 Å². The summed E-state index contributed by atoms with van der Waals surface area (Å²) in [7, 11) is 0. The maximum absolute atomic E-state index is 12.2. The number of likely N-dealkylation sites (tertiary alicyclic amines) is 1. The summed E-state index contributed by atoms with van der Waals surface area (Å²) in [6.45, 7) is 3.79. The van der Waals surface area contributed by atoms with E-state index in [-0.39, 0.29) is 5.38 Å². The van der Waals surface area contributed by atoms with Crippen molar-refractivity contribution in [2.45, 2.75) is 69.4 Å². The summed E-state index contributed by atoms with van der Waals surface area (Å²) in [4.78, 5) is 14.3. The zero-order chi connectivity index (χ0) is 13.0. The topological polar surface area (TPSA) is 29.5 Å². The SMILES string of the molecule is CC(Cl)CC1CCCN1C(=O)CCC1CCCO1. The van der Waals surface area contributed by atoms with Gasteiger partial charge in [-0.05, 0) is 45.4 Å². The minimum atomic E-state index is 0.154. The molecule has 2 heterocycles. The van der Waals surface area contributed by atoms with E-state index in [9.17, 15) is 4.79 Å². The maximum Gasteiger partial charge on any atom is 0.222 e. The van der Waals surface area contributed by atoms with Crippen LogP contribution < -0.4 is 0 Å².